The zero-order valence-electron chi connectivity index (χ0n) is 8.46. The van der Waals surface area contributed by atoms with E-state index >= 15 is 0 Å². The van der Waals surface area contributed by atoms with Gasteiger partial charge in [-0.25, -0.2) is 4.79 Å². The first kappa shape index (κ1) is 11.7. The molecule has 6 heteroatoms. The van der Waals surface area contributed by atoms with Gasteiger partial charge in [0.15, 0.2) is 0 Å². The van der Waals surface area contributed by atoms with Crippen LogP contribution in [0.3, 0.4) is 0 Å². The lowest BCUT2D eigenvalue weighted by molar-refractivity contribution is 0.214. The number of nitriles is 1. The van der Waals surface area contributed by atoms with Gasteiger partial charge < -0.3 is 5.32 Å². The third-order valence-electron chi connectivity index (χ3n) is 1.79. The zero-order valence-corrected chi connectivity index (χ0v) is 8.46. The average Bonchev–Trinajstić information content (AvgIpc) is 2.31. The summed E-state index contributed by atoms with van der Waals surface area (Å²) >= 11 is 0. The number of hydrogen-bond acceptors (Lipinski definition) is 4. The Balaban J connectivity index is 2.57. The number of rotatable bonds is 4. The molecule has 1 N–H and O–H groups in total. The van der Waals surface area contributed by atoms with Crippen LogP contribution in [-0.2, 0) is 0 Å². The van der Waals surface area contributed by atoms with E-state index in [1.54, 1.807) is 30.3 Å². The van der Waals surface area contributed by atoms with E-state index < -0.39 is 6.03 Å². The van der Waals surface area contributed by atoms with Crippen molar-refractivity contribution >= 4 is 11.7 Å². The monoisotopic (exact) mass is 218 g/mol. The van der Waals surface area contributed by atoms with Gasteiger partial charge in [-0.3, -0.25) is 0 Å². The maximum atomic E-state index is 11.5. The Hall–Kier alpha value is -2.42. The van der Waals surface area contributed by atoms with E-state index in [0.717, 1.165) is 0 Å². The lowest BCUT2D eigenvalue weighted by atomic mass is 10.3. The molecule has 82 valence electrons. The summed E-state index contributed by atoms with van der Waals surface area (Å²) in [4.78, 5) is 21.8. The van der Waals surface area contributed by atoms with Gasteiger partial charge >= 0.3 is 6.03 Å². The van der Waals surface area contributed by atoms with E-state index in [0.29, 0.717) is 10.7 Å². The molecule has 1 rings (SSSR count). The minimum atomic E-state index is -0.642. The summed E-state index contributed by atoms with van der Waals surface area (Å²) in [7, 11) is 0. The third kappa shape index (κ3) is 3.38. The molecule has 0 radical (unpaired) electrons. The smallest absolute Gasteiger partial charge is 0.306 e. The second-order valence-corrected chi connectivity index (χ2v) is 2.91. The van der Waals surface area contributed by atoms with Gasteiger partial charge in [0, 0.05) is 5.69 Å². The van der Waals surface area contributed by atoms with Gasteiger partial charge in [-0.15, -0.1) is 4.91 Å². The number of nitroso groups, excluding NO2 is 1. The maximum Gasteiger partial charge on any atom is 0.344 e. The minimum Gasteiger partial charge on any atom is -0.306 e. The van der Waals surface area contributed by atoms with Gasteiger partial charge in [-0.2, -0.15) is 10.3 Å². The average molecular weight is 218 g/mol. The number of anilines is 1. The summed E-state index contributed by atoms with van der Waals surface area (Å²) in [5.41, 5.74) is 0.568. The molecule has 0 aliphatic heterocycles. The van der Waals surface area contributed by atoms with Crippen LogP contribution in [0.25, 0.3) is 0 Å². The number of carbonyl (C=O) groups is 1. The Labute approximate surface area is 92.4 Å². The number of hydrogen-bond donors (Lipinski definition) is 1. The third-order valence-corrected chi connectivity index (χ3v) is 1.79. The zero-order chi connectivity index (χ0) is 11.8. The van der Waals surface area contributed by atoms with Crippen LogP contribution in [0.15, 0.2) is 35.6 Å². The molecule has 16 heavy (non-hydrogen) atoms. The Bertz CT molecular complexity index is 399. The van der Waals surface area contributed by atoms with E-state index in [2.05, 4.69) is 10.6 Å². The summed E-state index contributed by atoms with van der Waals surface area (Å²) in [6.45, 7) is -0.0152. The molecular weight excluding hydrogens is 208 g/mol. The van der Waals surface area contributed by atoms with Gasteiger partial charge in [0.05, 0.1) is 24.3 Å². The van der Waals surface area contributed by atoms with Crippen molar-refractivity contribution < 1.29 is 4.79 Å². The predicted molar refractivity (Wildman–Crippen MR) is 58.2 cm³/mol. The van der Waals surface area contributed by atoms with Crippen molar-refractivity contribution in [2.75, 3.05) is 11.9 Å². The van der Waals surface area contributed by atoms with Crippen LogP contribution in [0.5, 0.6) is 0 Å². The first-order valence-electron chi connectivity index (χ1n) is 4.61. The Morgan fingerprint density at radius 2 is 2.12 bits per heavy atom. The molecule has 0 unspecified atom stereocenters. The van der Waals surface area contributed by atoms with E-state index in [9.17, 15) is 9.70 Å². The molecule has 0 aromatic heterocycles. The summed E-state index contributed by atoms with van der Waals surface area (Å²) < 4.78 is 0. The molecule has 1 aromatic rings. The van der Waals surface area contributed by atoms with Crippen molar-refractivity contribution in [3.63, 3.8) is 0 Å². The maximum absolute atomic E-state index is 11.5. The topological polar surface area (TPSA) is 85.6 Å². The van der Waals surface area contributed by atoms with Gasteiger partial charge in [-0.05, 0) is 12.1 Å². The highest BCUT2D eigenvalue weighted by molar-refractivity contribution is 5.88. The quantitative estimate of drug-likeness (QED) is 0.620. The van der Waals surface area contributed by atoms with Gasteiger partial charge in [0.1, 0.15) is 0 Å². The van der Waals surface area contributed by atoms with Crippen LogP contribution in [0.2, 0.25) is 0 Å². The van der Waals surface area contributed by atoms with E-state index in [1.807, 2.05) is 6.07 Å². The van der Waals surface area contributed by atoms with Crippen LogP contribution in [-0.4, -0.2) is 17.6 Å². The fourth-order valence-corrected chi connectivity index (χ4v) is 1.04. The summed E-state index contributed by atoms with van der Waals surface area (Å²) in [6, 6.07) is 9.87. The highest BCUT2D eigenvalue weighted by Crippen LogP contribution is 2.06. The Kier molecular flexibility index (Phi) is 4.47. The molecule has 0 spiro atoms. The summed E-state index contributed by atoms with van der Waals surface area (Å²) in [5, 5.41) is 14.0. The molecule has 0 bridgehead atoms. The minimum absolute atomic E-state index is 0.0152. The number of amides is 2. The van der Waals surface area contributed by atoms with Gasteiger partial charge in [0.2, 0.25) is 0 Å². The molecule has 0 heterocycles. The first-order chi connectivity index (χ1) is 7.77. The lowest BCUT2D eigenvalue weighted by Gasteiger charge is -2.12. The van der Waals surface area contributed by atoms with E-state index in [4.69, 9.17) is 5.26 Å². The van der Waals surface area contributed by atoms with Crippen molar-refractivity contribution in [2.45, 2.75) is 6.42 Å². The molecular formula is C10H10N4O2. The van der Waals surface area contributed by atoms with Crippen LogP contribution in [0.1, 0.15) is 6.42 Å². The lowest BCUT2D eigenvalue weighted by Crippen LogP contribution is -2.30. The second-order valence-electron chi connectivity index (χ2n) is 2.91. The molecule has 2 amide bonds. The van der Waals surface area contributed by atoms with Crippen LogP contribution in [0.4, 0.5) is 10.5 Å². The van der Waals surface area contributed by atoms with Gasteiger partial charge in [-0.1, -0.05) is 18.2 Å². The Morgan fingerprint density at radius 1 is 1.44 bits per heavy atom. The normalized spacial score (nSPS) is 8.94. The molecule has 0 saturated carbocycles. The SMILES string of the molecule is N#CCCN(N=O)C(=O)Nc1ccccc1. The summed E-state index contributed by atoms with van der Waals surface area (Å²) in [5.74, 6) is 0. The van der Waals surface area contributed by atoms with Crippen LogP contribution >= 0.6 is 0 Å². The van der Waals surface area contributed by atoms with Gasteiger partial charge in [0.25, 0.3) is 0 Å². The highest BCUT2D eigenvalue weighted by atomic mass is 16.3. The molecule has 0 fully saturated rings. The van der Waals surface area contributed by atoms with Crippen molar-refractivity contribution in [3.05, 3.63) is 35.2 Å². The second kappa shape index (κ2) is 6.14. The fourth-order valence-electron chi connectivity index (χ4n) is 1.04. The van der Waals surface area contributed by atoms with Crippen molar-refractivity contribution in [2.24, 2.45) is 5.29 Å². The number of benzene rings is 1. The Morgan fingerprint density at radius 3 is 2.69 bits per heavy atom. The largest absolute Gasteiger partial charge is 0.344 e. The standard InChI is InChI=1S/C10H10N4O2/c11-7-4-8-14(13-16)10(15)12-9-5-2-1-3-6-9/h1-3,5-6H,4,8H2,(H,12,15). The number of nitrogens with one attached hydrogen (secondary N) is 1. The van der Waals surface area contributed by atoms with Crippen LogP contribution in [0, 0.1) is 16.2 Å². The van der Waals surface area contributed by atoms with Crippen molar-refractivity contribution in [1.82, 2.24) is 5.01 Å². The van der Waals surface area contributed by atoms with Crippen molar-refractivity contribution in [3.8, 4) is 6.07 Å². The molecule has 1 aromatic carbocycles. The number of para-hydroxylation sites is 1. The number of carbonyl (C=O) groups excluding carboxylic acids is 1. The molecule has 0 aliphatic carbocycles. The van der Waals surface area contributed by atoms with E-state index in [-0.39, 0.29) is 13.0 Å². The number of urea groups is 1. The molecule has 0 atom stereocenters. The number of nitrogens with zero attached hydrogens (tertiary/aromatic N) is 3. The van der Waals surface area contributed by atoms with E-state index in [1.165, 1.54) is 0 Å². The molecule has 0 aliphatic rings. The predicted octanol–water partition coefficient (Wildman–Crippen LogP) is 2.12. The molecule has 6 nitrogen and oxygen atoms in total. The fraction of sp³-hybridized carbons (Fsp3) is 0.200. The van der Waals surface area contributed by atoms with Crippen LogP contribution < -0.4 is 5.32 Å². The van der Waals surface area contributed by atoms with Crippen molar-refractivity contribution in [1.29, 1.82) is 5.26 Å². The molecule has 0 saturated heterocycles. The highest BCUT2D eigenvalue weighted by Gasteiger charge is 2.13. The summed E-state index contributed by atoms with van der Waals surface area (Å²) in [6.07, 6.45) is 0.0634. The first-order valence-corrected chi connectivity index (χ1v) is 4.61.